The summed E-state index contributed by atoms with van der Waals surface area (Å²) in [5, 5.41) is 0. The number of hydrogen-bond acceptors (Lipinski definition) is 4. The minimum absolute atomic E-state index is 0.130. The number of H-pyrrole nitrogens is 1. The summed E-state index contributed by atoms with van der Waals surface area (Å²) < 4.78 is 0. The molecule has 0 fully saturated rings. The minimum atomic E-state index is -0.164. The predicted molar refractivity (Wildman–Crippen MR) is 110 cm³/mol. The summed E-state index contributed by atoms with van der Waals surface area (Å²) in [6.45, 7) is 4.51. The van der Waals surface area contributed by atoms with E-state index in [2.05, 4.69) is 15.0 Å². The Bertz CT molecular complexity index is 999. The molecule has 0 unspecified atom stereocenters. The lowest BCUT2D eigenvalue weighted by molar-refractivity contribution is 0.0778. The van der Waals surface area contributed by atoms with Crippen LogP contribution in [0.5, 0.6) is 0 Å². The van der Waals surface area contributed by atoms with E-state index in [9.17, 15) is 9.59 Å². The fourth-order valence-electron chi connectivity index (χ4n) is 3.34. The first kappa shape index (κ1) is 20.3. The van der Waals surface area contributed by atoms with Crippen molar-refractivity contribution in [2.75, 3.05) is 14.1 Å². The Kier molecular flexibility index (Phi) is 6.07. The van der Waals surface area contributed by atoms with Crippen molar-refractivity contribution in [2.24, 2.45) is 0 Å². The van der Waals surface area contributed by atoms with Crippen LogP contribution < -0.4 is 0 Å². The molecule has 7 heteroatoms. The van der Waals surface area contributed by atoms with E-state index in [-0.39, 0.29) is 11.8 Å². The minimum Gasteiger partial charge on any atom is -0.354 e. The van der Waals surface area contributed by atoms with Crippen LogP contribution in [0.4, 0.5) is 0 Å². The monoisotopic (exact) mass is 391 g/mol. The van der Waals surface area contributed by atoms with Gasteiger partial charge in [0, 0.05) is 57.7 Å². The zero-order chi connectivity index (χ0) is 21.0. The number of nitrogens with zero attached hydrogens (tertiary/aromatic N) is 4. The number of amides is 2. The van der Waals surface area contributed by atoms with Gasteiger partial charge in [0.2, 0.25) is 0 Å². The van der Waals surface area contributed by atoms with E-state index in [1.165, 1.54) is 0 Å². The highest BCUT2D eigenvalue weighted by molar-refractivity contribution is 6.02. The predicted octanol–water partition coefficient (Wildman–Crippen LogP) is 2.97. The van der Waals surface area contributed by atoms with Crippen molar-refractivity contribution < 1.29 is 9.59 Å². The third-order valence-electron chi connectivity index (χ3n) is 4.84. The summed E-state index contributed by atoms with van der Waals surface area (Å²) >= 11 is 0. The van der Waals surface area contributed by atoms with E-state index in [0.29, 0.717) is 35.6 Å². The Morgan fingerprint density at radius 2 is 1.41 bits per heavy atom. The number of aromatic amines is 1. The number of hydrogen-bond donors (Lipinski definition) is 1. The maximum Gasteiger partial charge on any atom is 0.270 e. The first-order valence-corrected chi connectivity index (χ1v) is 9.36. The maximum absolute atomic E-state index is 13.0. The van der Waals surface area contributed by atoms with Crippen LogP contribution in [-0.4, -0.2) is 50.7 Å². The summed E-state index contributed by atoms with van der Waals surface area (Å²) in [4.78, 5) is 40.5. The maximum atomic E-state index is 13.0. The topological polar surface area (TPSA) is 82.2 Å². The van der Waals surface area contributed by atoms with Crippen molar-refractivity contribution in [3.63, 3.8) is 0 Å². The zero-order valence-electron chi connectivity index (χ0n) is 17.1. The third-order valence-corrected chi connectivity index (χ3v) is 4.84. The van der Waals surface area contributed by atoms with Crippen LogP contribution in [0.2, 0.25) is 0 Å². The molecule has 2 amide bonds. The van der Waals surface area contributed by atoms with Gasteiger partial charge >= 0.3 is 0 Å². The van der Waals surface area contributed by atoms with Crippen molar-refractivity contribution in [1.82, 2.24) is 24.8 Å². The molecule has 0 aliphatic carbocycles. The molecular formula is C22H25N5O2. The number of rotatable bonds is 6. The summed E-state index contributed by atoms with van der Waals surface area (Å²) in [5.41, 5.74) is 4.21. The Labute approximate surface area is 170 Å². The quantitative estimate of drug-likeness (QED) is 0.700. The Balaban J connectivity index is 1.78. The van der Waals surface area contributed by atoms with Gasteiger partial charge in [-0.3, -0.25) is 19.6 Å². The molecule has 0 spiro atoms. The second-order valence-electron chi connectivity index (χ2n) is 7.17. The lowest BCUT2D eigenvalue weighted by atomic mass is 10.1. The van der Waals surface area contributed by atoms with E-state index in [0.717, 1.165) is 11.1 Å². The summed E-state index contributed by atoms with van der Waals surface area (Å²) in [6.07, 6.45) is 6.87. The van der Waals surface area contributed by atoms with Gasteiger partial charge in [0.25, 0.3) is 11.8 Å². The molecule has 3 heterocycles. The van der Waals surface area contributed by atoms with Crippen molar-refractivity contribution in [1.29, 1.82) is 0 Å². The fraction of sp³-hybridized carbons (Fsp3) is 0.273. The number of carbonyl (C=O) groups is 2. The van der Waals surface area contributed by atoms with Crippen LogP contribution in [0.25, 0.3) is 0 Å². The molecule has 1 N–H and O–H groups in total. The van der Waals surface area contributed by atoms with Gasteiger partial charge in [-0.1, -0.05) is 12.1 Å². The van der Waals surface area contributed by atoms with Crippen LogP contribution in [0.1, 0.15) is 43.2 Å². The second kappa shape index (κ2) is 8.68. The summed E-state index contributed by atoms with van der Waals surface area (Å²) in [5.74, 6) is -0.294. The van der Waals surface area contributed by atoms with E-state index in [1.807, 2.05) is 31.2 Å². The van der Waals surface area contributed by atoms with Gasteiger partial charge in [-0.2, -0.15) is 0 Å². The fourth-order valence-corrected chi connectivity index (χ4v) is 3.34. The molecule has 150 valence electrons. The highest BCUT2D eigenvalue weighted by Gasteiger charge is 2.25. The van der Waals surface area contributed by atoms with Crippen LogP contribution in [0.3, 0.4) is 0 Å². The van der Waals surface area contributed by atoms with Crippen molar-refractivity contribution in [3.05, 3.63) is 82.7 Å². The SMILES string of the molecule is Cc1[nH]c(C(=O)N(C)Cc2cccnc2)c(C)c1C(=O)N(C)Cc1cccnc1. The van der Waals surface area contributed by atoms with E-state index in [1.54, 1.807) is 55.6 Å². The molecule has 0 aliphatic rings. The molecule has 3 aromatic rings. The molecule has 0 saturated heterocycles. The number of nitrogens with one attached hydrogen (secondary N) is 1. The molecule has 0 radical (unpaired) electrons. The van der Waals surface area contributed by atoms with Crippen molar-refractivity contribution in [3.8, 4) is 0 Å². The Morgan fingerprint density at radius 3 is 1.90 bits per heavy atom. The van der Waals surface area contributed by atoms with Gasteiger partial charge in [0.15, 0.2) is 0 Å². The number of pyridine rings is 2. The average molecular weight is 391 g/mol. The van der Waals surface area contributed by atoms with Gasteiger partial charge in [-0.25, -0.2) is 0 Å². The number of carbonyl (C=O) groups excluding carboxylic acids is 2. The largest absolute Gasteiger partial charge is 0.354 e. The van der Waals surface area contributed by atoms with Gasteiger partial charge < -0.3 is 14.8 Å². The standard InChI is InChI=1S/C22H25N5O2/c1-15-19(21(28)26(3)13-17-7-5-9-23-11-17)16(2)25-20(15)22(29)27(4)14-18-8-6-10-24-12-18/h5-12,25H,13-14H2,1-4H3. The number of aryl methyl sites for hydroxylation is 1. The molecular weight excluding hydrogens is 366 g/mol. The molecule has 7 nitrogen and oxygen atoms in total. The van der Waals surface area contributed by atoms with E-state index in [4.69, 9.17) is 0 Å². The smallest absolute Gasteiger partial charge is 0.270 e. The highest BCUT2D eigenvalue weighted by atomic mass is 16.2. The van der Waals surface area contributed by atoms with Crippen LogP contribution in [-0.2, 0) is 13.1 Å². The lowest BCUT2D eigenvalue weighted by Gasteiger charge is -2.18. The molecule has 0 saturated carbocycles. The molecule has 3 aromatic heterocycles. The first-order chi connectivity index (χ1) is 13.9. The van der Waals surface area contributed by atoms with Crippen LogP contribution in [0, 0.1) is 13.8 Å². The highest BCUT2D eigenvalue weighted by Crippen LogP contribution is 2.22. The van der Waals surface area contributed by atoms with Gasteiger partial charge in [-0.15, -0.1) is 0 Å². The van der Waals surface area contributed by atoms with E-state index < -0.39 is 0 Å². The Morgan fingerprint density at radius 1 is 0.897 bits per heavy atom. The van der Waals surface area contributed by atoms with Crippen molar-refractivity contribution >= 4 is 11.8 Å². The lowest BCUT2D eigenvalue weighted by Crippen LogP contribution is -2.28. The first-order valence-electron chi connectivity index (χ1n) is 9.36. The van der Waals surface area contributed by atoms with Gasteiger partial charge in [0.1, 0.15) is 5.69 Å². The summed E-state index contributed by atoms with van der Waals surface area (Å²) in [6, 6.07) is 7.53. The van der Waals surface area contributed by atoms with Gasteiger partial charge in [0.05, 0.1) is 5.56 Å². The van der Waals surface area contributed by atoms with Gasteiger partial charge in [-0.05, 0) is 42.7 Å². The molecule has 3 rings (SSSR count). The molecule has 29 heavy (non-hydrogen) atoms. The second-order valence-corrected chi connectivity index (χ2v) is 7.17. The normalized spacial score (nSPS) is 10.6. The zero-order valence-corrected chi connectivity index (χ0v) is 17.1. The summed E-state index contributed by atoms with van der Waals surface area (Å²) in [7, 11) is 3.48. The van der Waals surface area contributed by atoms with Crippen LogP contribution >= 0.6 is 0 Å². The number of aromatic nitrogens is 3. The average Bonchev–Trinajstić information content (AvgIpc) is 3.02. The molecule has 0 aliphatic heterocycles. The molecule has 0 atom stereocenters. The van der Waals surface area contributed by atoms with Crippen molar-refractivity contribution in [2.45, 2.75) is 26.9 Å². The van der Waals surface area contributed by atoms with Crippen LogP contribution in [0.15, 0.2) is 49.1 Å². The molecule has 0 bridgehead atoms. The van der Waals surface area contributed by atoms with E-state index >= 15 is 0 Å². The molecule has 0 aromatic carbocycles. The third kappa shape index (κ3) is 4.51. The Hall–Kier alpha value is -3.48.